The maximum atomic E-state index is 6.02. The summed E-state index contributed by atoms with van der Waals surface area (Å²) >= 11 is 0. The van der Waals surface area contributed by atoms with E-state index in [1.807, 2.05) is 14.1 Å². The minimum atomic E-state index is -0.187. The van der Waals surface area contributed by atoms with Gasteiger partial charge in [0, 0.05) is 33.4 Å². The van der Waals surface area contributed by atoms with Crippen LogP contribution in [0.4, 0.5) is 5.69 Å². The molecule has 1 aromatic carbocycles. The third kappa shape index (κ3) is 2.58. The number of benzene rings is 1. The number of hydrogen-bond acceptors (Lipinski definition) is 5. The summed E-state index contributed by atoms with van der Waals surface area (Å²) < 4.78 is 5.17. The number of ether oxygens (including phenoxy) is 1. The van der Waals surface area contributed by atoms with E-state index in [4.69, 9.17) is 10.5 Å². The summed E-state index contributed by atoms with van der Waals surface area (Å²) in [5, 5.41) is 0. The summed E-state index contributed by atoms with van der Waals surface area (Å²) in [6, 6.07) is 8.57. The Morgan fingerprint density at radius 3 is 2.55 bits per heavy atom. The first-order valence-electron chi connectivity index (χ1n) is 6.83. The fraction of sp³-hybridized carbons (Fsp3) is 0.533. The van der Waals surface area contributed by atoms with Crippen molar-refractivity contribution in [2.75, 3.05) is 45.8 Å². The van der Waals surface area contributed by atoms with Crippen LogP contribution in [-0.2, 0) is 10.3 Å². The largest absolute Gasteiger partial charge is 0.383 e. The molecule has 1 atom stereocenters. The van der Waals surface area contributed by atoms with E-state index in [-0.39, 0.29) is 5.54 Å². The van der Waals surface area contributed by atoms with Crippen molar-refractivity contribution in [3.63, 3.8) is 0 Å². The first kappa shape index (κ1) is 14.7. The molecule has 2 rings (SSSR count). The van der Waals surface area contributed by atoms with Gasteiger partial charge < -0.3 is 20.3 Å². The molecule has 0 fully saturated rings. The second-order valence-electron chi connectivity index (χ2n) is 5.53. The predicted molar refractivity (Wildman–Crippen MR) is 83.2 cm³/mol. The number of methoxy groups -OCH3 is 1. The lowest BCUT2D eigenvalue weighted by Gasteiger charge is -2.36. The molecule has 1 unspecified atom stereocenters. The molecule has 1 aliphatic heterocycles. The van der Waals surface area contributed by atoms with Crippen molar-refractivity contribution < 1.29 is 4.74 Å². The zero-order valence-electron chi connectivity index (χ0n) is 12.8. The van der Waals surface area contributed by atoms with Gasteiger partial charge in [0.05, 0.1) is 18.7 Å². The monoisotopic (exact) mass is 276 g/mol. The van der Waals surface area contributed by atoms with Gasteiger partial charge in [-0.05, 0) is 24.6 Å². The number of rotatable bonds is 5. The Balaban J connectivity index is 2.24. The van der Waals surface area contributed by atoms with Crippen LogP contribution in [0.3, 0.4) is 0 Å². The summed E-state index contributed by atoms with van der Waals surface area (Å²) in [4.78, 5) is 8.63. The van der Waals surface area contributed by atoms with E-state index in [1.54, 1.807) is 7.11 Å². The third-order valence-corrected chi connectivity index (χ3v) is 3.95. The quantitative estimate of drug-likeness (QED) is 0.879. The number of hydrogen-bond donors (Lipinski definition) is 1. The fourth-order valence-electron chi connectivity index (χ4n) is 2.57. The lowest BCUT2D eigenvalue weighted by molar-refractivity contribution is 0.137. The van der Waals surface area contributed by atoms with Crippen molar-refractivity contribution >= 4 is 11.6 Å². The Morgan fingerprint density at radius 2 is 2.00 bits per heavy atom. The minimum absolute atomic E-state index is 0.187. The molecule has 1 aliphatic rings. The normalized spacial score (nSPS) is 22.0. The number of anilines is 1. The summed E-state index contributed by atoms with van der Waals surface area (Å²) in [6.07, 6.45) is 0. The highest BCUT2D eigenvalue weighted by atomic mass is 16.5. The minimum Gasteiger partial charge on any atom is -0.383 e. The molecule has 1 heterocycles. The van der Waals surface area contributed by atoms with Gasteiger partial charge in [0.2, 0.25) is 0 Å². The first-order chi connectivity index (χ1) is 9.49. The molecule has 5 heteroatoms. The van der Waals surface area contributed by atoms with Crippen molar-refractivity contribution in [1.29, 1.82) is 0 Å². The number of nitrogens with two attached hydrogens (primary N) is 1. The Hall–Kier alpha value is -1.75. The highest BCUT2D eigenvalue weighted by molar-refractivity contribution is 5.81. The van der Waals surface area contributed by atoms with Crippen LogP contribution in [0.25, 0.3) is 0 Å². The van der Waals surface area contributed by atoms with E-state index in [0.717, 1.165) is 6.54 Å². The lowest BCUT2D eigenvalue weighted by atomic mass is 9.91. The SMILES string of the molecule is COCCN1C(N)=NCC1(C)c1ccc(N(C)C)cc1. The van der Waals surface area contributed by atoms with E-state index in [2.05, 4.69) is 46.0 Å². The summed E-state index contributed by atoms with van der Waals surface area (Å²) in [7, 11) is 5.78. The van der Waals surface area contributed by atoms with Gasteiger partial charge in [-0.2, -0.15) is 0 Å². The Bertz CT molecular complexity index is 483. The van der Waals surface area contributed by atoms with Gasteiger partial charge in [-0.3, -0.25) is 4.99 Å². The molecule has 0 radical (unpaired) electrons. The molecule has 0 spiro atoms. The van der Waals surface area contributed by atoms with Crippen molar-refractivity contribution in [3.8, 4) is 0 Å². The van der Waals surface area contributed by atoms with Crippen LogP contribution in [-0.4, -0.2) is 51.8 Å². The number of nitrogens with zero attached hydrogens (tertiary/aromatic N) is 3. The van der Waals surface area contributed by atoms with Gasteiger partial charge in [0.1, 0.15) is 0 Å². The number of guanidine groups is 1. The molecule has 0 saturated heterocycles. The van der Waals surface area contributed by atoms with Crippen molar-refractivity contribution in [2.45, 2.75) is 12.5 Å². The zero-order valence-corrected chi connectivity index (χ0v) is 12.8. The van der Waals surface area contributed by atoms with Crippen LogP contribution < -0.4 is 10.6 Å². The van der Waals surface area contributed by atoms with Gasteiger partial charge >= 0.3 is 0 Å². The maximum absolute atomic E-state index is 6.02. The predicted octanol–water partition coefficient (Wildman–Crippen LogP) is 1.24. The van der Waals surface area contributed by atoms with Crippen LogP contribution in [0.2, 0.25) is 0 Å². The third-order valence-electron chi connectivity index (χ3n) is 3.95. The Kier molecular flexibility index (Phi) is 4.18. The van der Waals surface area contributed by atoms with E-state index >= 15 is 0 Å². The molecular weight excluding hydrogens is 252 g/mol. The molecule has 0 amide bonds. The molecule has 0 saturated carbocycles. The summed E-state index contributed by atoms with van der Waals surface area (Å²) in [5.41, 5.74) is 8.25. The zero-order chi connectivity index (χ0) is 14.8. The second-order valence-corrected chi connectivity index (χ2v) is 5.53. The molecule has 20 heavy (non-hydrogen) atoms. The van der Waals surface area contributed by atoms with E-state index in [9.17, 15) is 0 Å². The molecule has 5 nitrogen and oxygen atoms in total. The Labute approximate surface area is 121 Å². The second kappa shape index (κ2) is 5.71. The van der Waals surface area contributed by atoms with Crippen LogP contribution in [0.15, 0.2) is 29.3 Å². The summed E-state index contributed by atoms with van der Waals surface area (Å²) in [6.45, 7) is 4.25. The van der Waals surface area contributed by atoms with E-state index < -0.39 is 0 Å². The van der Waals surface area contributed by atoms with Gasteiger partial charge in [0.25, 0.3) is 0 Å². The molecule has 110 valence electrons. The molecular formula is C15H24N4O. The number of aliphatic imine (C=N–C) groups is 1. The van der Waals surface area contributed by atoms with Crippen molar-refractivity contribution in [2.24, 2.45) is 10.7 Å². The molecule has 0 bridgehead atoms. The van der Waals surface area contributed by atoms with Gasteiger partial charge in [-0.1, -0.05) is 12.1 Å². The van der Waals surface area contributed by atoms with E-state index in [1.165, 1.54) is 11.3 Å². The highest BCUT2D eigenvalue weighted by Crippen LogP contribution is 2.33. The maximum Gasteiger partial charge on any atom is 0.192 e. The Morgan fingerprint density at radius 1 is 1.35 bits per heavy atom. The van der Waals surface area contributed by atoms with Crippen molar-refractivity contribution in [3.05, 3.63) is 29.8 Å². The van der Waals surface area contributed by atoms with Crippen LogP contribution in [0.1, 0.15) is 12.5 Å². The van der Waals surface area contributed by atoms with Gasteiger partial charge in [0.15, 0.2) is 5.96 Å². The van der Waals surface area contributed by atoms with Crippen LogP contribution in [0.5, 0.6) is 0 Å². The van der Waals surface area contributed by atoms with Crippen molar-refractivity contribution in [1.82, 2.24) is 4.90 Å². The standard InChI is InChI=1S/C15H24N4O/c1-15(11-17-14(16)19(15)9-10-20-4)12-5-7-13(8-6-12)18(2)3/h5-8H,9-11H2,1-4H3,(H2,16,17). The first-order valence-corrected chi connectivity index (χ1v) is 6.83. The molecule has 0 aliphatic carbocycles. The molecule has 0 aromatic heterocycles. The molecule has 1 aromatic rings. The average molecular weight is 276 g/mol. The van der Waals surface area contributed by atoms with Crippen LogP contribution >= 0.6 is 0 Å². The summed E-state index contributed by atoms with van der Waals surface area (Å²) in [5.74, 6) is 0.598. The average Bonchev–Trinajstić information content (AvgIpc) is 2.73. The van der Waals surface area contributed by atoms with Gasteiger partial charge in [-0.25, -0.2) is 0 Å². The topological polar surface area (TPSA) is 54.1 Å². The van der Waals surface area contributed by atoms with E-state index in [0.29, 0.717) is 19.1 Å². The smallest absolute Gasteiger partial charge is 0.192 e. The van der Waals surface area contributed by atoms with Gasteiger partial charge in [-0.15, -0.1) is 0 Å². The highest BCUT2D eigenvalue weighted by Gasteiger charge is 2.39. The van der Waals surface area contributed by atoms with Crippen LogP contribution in [0, 0.1) is 0 Å². The lowest BCUT2D eigenvalue weighted by Crippen LogP contribution is -2.48. The fourth-order valence-corrected chi connectivity index (χ4v) is 2.57. The molecule has 2 N–H and O–H groups in total.